The fourth-order valence-corrected chi connectivity index (χ4v) is 6.26. The SMILES string of the molecule is O=P(O)(OCC(COc1c(CNC2=NCCN2)cccc1CNC1=NCCN1)OP(=O)(O)Oc1ccccc1O)Oc1ccccc1O. The molecule has 258 valence electrons. The highest BCUT2D eigenvalue weighted by Crippen LogP contribution is 2.49. The van der Waals surface area contributed by atoms with Crippen molar-refractivity contribution in [2.45, 2.75) is 19.2 Å². The smallest absolute Gasteiger partial charge is 0.504 e. The summed E-state index contributed by atoms with van der Waals surface area (Å²) in [6, 6.07) is 16.4. The molecule has 3 atom stereocenters. The molecule has 0 spiro atoms. The number of phosphoric acid groups is 2. The lowest BCUT2D eigenvalue weighted by atomic mass is 10.1. The molecule has 19 heteroatoms. The van der Waals surface area contributed by atoms with Crippen LogP contribution >= 0.6 is 15.6 Å². The topological polar surface area (TPSA) is 234 Å². The zero-order valence-electron chi connectivity index (χ0n) is 25.5. The maximum atomic E-state index is 13.1. The average molecular weight is 707 g/mol. The second-order valence-electron chi connectivity index (χ2n) is 10.3. The van der Waals surface area contributed by atoms with Gasteiger partial charge in [0.2, 0.25) is 0 Å². The molecule has 2 aliphatic heterocycles. The third kappa shape index (κ3) is 10.2. The number of nitrogens with one attached hydrogen (secondary N) is 4. The first-order valence-electron chi connectivity index (χ1n) is 14.8. The molecule has 0 aromatic heterocycles. The van der Waals surface area contributed by atoms with Gasteiger partial charge in [0, 0.05) is 37.3 Å². The zero-order chi connectivity index (χ0) is 34.0. The molecule has 5 rings (SSSR count). The number of nitrogens with zero attached hydrogens (tertiary/aromatic N) is 2. The number of aromatic hydroxyl groups is 2. The van der Waals surface area contributed by atoms with Crippen LogP contribution in [0.1, 0.15) is 11.1 Å². The molecule has 3 unspecified atom stereocenters. The highest BCUT2D eigenvalue weighted by molar-refractivity contribution is 7.48. The van der Waals surface area contributed by atoms with Crippen molar-refractivity contribution in [2.75, 3.05) is 39.4 Å². The molecule has 48 heavy (non-hydrogen) atoms. The number of phenols is 2. The molecule has 0 bridgehead atoms. The molecule has 3 aromatic rings. The van der Waals surface area contributed by atoms with Gasteiger partial charge < -0.3 is 45.3 Å². The third-order valence-electron chi connectivity index (χ3n) is 6.70. The van der Waals surface area contributed by atoms with Crippen molar-refractivity contribution in [3.05, 3.63) is 77.9 Å². The molecule has 0 radical (unpaired) electrons. The Kier molecular flexibility index (Phi) is 11.7. The largest absolute Gasteiger partial charge is 0.528 e. The highest BCUT2D eigenvalue weighted by atomic mass is 31.2. The molecule has 8 N–H and O–H groups in total. The van der Waals surface area contributed by atoms with Crippen LogP contribution in [0.15, 0.2) is 76.7 Å². The molecular weight excluding hydrogens is 670 g/mol. The highest BCUT2D eigenvalue weighted by Gasteiger charge is 2.33. The van der Waals surface area contributed by atoms with Gasteiger partial charge in [0.25, 0.3) is 0 Å². The Hall–Kier alpha value is -4.50. The van der Waals surface area contributed by atoms with Crippen LogP contribution < -0.4 is 35.1 Å². The molecule has 2 heterocycles. The number of phenolic OH excluding ortho intramolecular Hbond substituents is 2. The molecule has 3 aromatic carbocycles. The van der Waals surface area contributed by atoms with E-state index in [1.807, 2.05) is 18.2 Å². The standard InChI is InChI=1S/C29H36N6O11P2/c36-23-8-1-3-10-25(23)45-47(38,39)43-19-22(44-48(40,41)46-26-11-4-2-9-24(26)37)18-42-27-20(16-34-28-30-12-13-31-28)6-5-7-21(27)17-35-29-32-14-15-33-29/h1-11,22,36-37H,12-19H2,(H,38,39)(H,40,41)(H2,30,31,34)(H2,32,33,35). The van der Waals surface area contributed by atoms with Crippen molar-refractivity contribution in [3.63, 3.8) is 0 Å². The van der Waals surface area contributed by atoms with Crippen LogP contribution in [0.2, 0.25) is 0 Å². The minimum Gasteiger partial charge on any atom is -0.504 e. The maximum absolute atomic E-state index is 13.1. The molecule has 0 saturated heterocycles. The van der Waals surface area contributed by atoms with Gasteiger partial charge in [0.05, 0.1) is 19.7 Å². The van der Waals surface area contributed by atoms with Gasteiger partial charge in [0.1, 0.15) is 18.5 Å². The van der Waals surface area contributed by atoms with E-state index >= 15 is 0 Å². The number of para-hydroxylation sites is 5. The second-order valence-corrected chi connectivity index (χ2v) is 13.0. The van der Waals surface area contributed by atoms with Crippen molar-refractivity contribution in [1.82, 2.24) is 21.3 Å². The number of hydrogen-bond donors (Lipinski definition) is 8. The van der Waals surface area contributed by atoms with E-state index < -0.39 is 46.5 Å². The van der Waals surface area contributed by atoms with E-state index in [1.165, 1.54) is 48.5 Å². The lowest BCUT2D eigenvalue weighted by Gasteiger charge is -2.24. The summed E-state index contributed by atoms with van der Waals surface area (Å²) in [5.41, 5.74) is 1.39. The van der Waals surface area contributed by atoms with Gasteiger partial charge in [-0.1, -0.05) is 42.5 Å². The second kappa shape index (κ2) is 16.1. The minimum atomic E-state index is -5.00. The Morgan fingerprint density at radius 3 is 1.75 bits per heavy atom. The Morgan fingerprint density at radius 1 is 0.729 bits per heavy atom. The van der Waals surface area contributed by atoms with Crippen LogP contribution in [0, 0.1) is 0 Å². The van der Waals surface area contributed by atoms with Crippen molar-refractivity contribution in [3.8, 4) is 28.7 Å². The van der Waals surface area contributed by atoms with Crippen LogP contribution in [-0.4, -0.2) is 77.4 Å². The van der Waals surface area contributed by atoms with Gasteiger partial charge in [-0.2, -0.15) is 0 Å². The first kappa shape index (κ1) is 34.8. The van der Waals surface area contributed by atoms with E-state index in [2.05, 4.69) is 31.3 Å². The number of phosphoric ester groups is 2. The monoisotopic (exact) mass is 706 g/mol. The fraction of sp³-hybridized carbons (Fsp3) is 0.310. The van der Waals surface area contributed by atoms with Crippen LogP contribution in [0.3, 0.4) is 0 Å². The summed E-state index contributed by atoms with van der Waals surface area (Å²) < 4.78 is 52.6. The average Bonchev–Trinajstić information content (AvgIpc) is 3.78. The predicted molar refractivity (Wildman–Crippen MR) is 174 cm³/mol. The van der Waals surface area contributed by atoms with Crippen LogP contribution in [0.25, 0.3) is 0 Å². The van der Waals surface area contributed by atoms with Crippen molar-refractivity contribution in [2.24, 2.45) is 9.98 Å². The van der Waals surface area contributed by atoms with E-state index in [9.17, 15) is 29.1 Å². The summed E-state index contributed by atoms with van der Waals surface area (Å²) in [6.45, 7) is 1.99. The fourth-order valence-electron chi connectivity index (χ4n) is 4.51. The van der Waals surface area contributed by atoms with E-state index in [4.69, 9.17) is 22.8 Å². The lowest BCUT2D eigenvalue weighted by Crippen LogP contribution is -2.34. The lowest BCUT2D eigenvalue weighted by molar-refractivity contribution is 0.0456. The van der Waals surface area contributed by atoms with Gasteiger partial charge in [0.15, 0.2) is 34.9 Å². The number of ether oxygens (including phenoxy) is 1. The number of benzene rings is 3. The minimum absolute atomic E-state index is 0.297. The van der Waals surface area contributed by atoms with Gasteiger partial charge in [-0.15, -0.1) is 0 Å². The summed E-state index contributed by atoms with van der Waals surface area (Å²) >= 11 is 0. The quantitative estimate of drug-likeness (QED) is 0.0999. The molecule has 17 nitrogen and oxygen atoms in total. The van der Waals surface area contributed by atoms with E-state index in [-0.39, 0.29) is 11.5 Å². The number of hydrogen-bond acceptors (Lipinski definition) is 15. The van der Waals surface area contributed by atoms with Crippen LogP contribution in [0.5, 0.6) is 28.7 Å². The Labute approximate surface area is 275 Å². The molecule has 0 saturated carbocycles. The van der Waals surface area contributed by atoms with Crippen molar-refractivity contribution < 1.29 is 52.0 Å². The number of aliphatic imine (C=N–C) groups is 2. The summed E-state index contributed by atoms with van der Waals surface area (Å²) in [5, 5.41) is 32.7. The van der Waals surface area contributed by atoms with Gasteiger partial charge in [-0.05, 0) is 24.3 Å². The first-order valence-corrected chi connectivity index (χ1v) is 17.8. The summed E-state index contributed by atoms with van der Waals surface area (Å²) in [4.78, 5) is 29.7. The van der Waals surface area contributed by atoms with E-state index in [0.717, 1.165) is 0 Å². The molecule has 0 amide bonds. The van der Waals surface area contributed by atoms with Crippen molar-refractivity contribution in [1.29, 1.82) is 0 Å². The molecule has 0 aliphatic carbocycles. The van der Waals surface area contributed by atoms with E-state index in [0.29, 0.717) is 68.1 Å². The zero-order valence-corrected chi connectivity index (χ0v) is 27.3. The Bertz CT molecular complexity index is 1680. The number of guanidine groups is 2. The summed E-state index contributed by atoms with van der Waals surface area (Å²) in [5.74, 6) is 0.132. The van der Waals surface area contributed by atoms with Gasteiger partial charge in [-0.3, -0.25) is 28.8 Å². The van der Waals surface area contributed by atoms with Crippen molar-refractivity contribution >= 4 is 27.6 Å². The predicted octanol–water partition coefficient (Wildman–Crippen LogP) is 2.33. The van der Waals surface area contributed by atoms with Gasteiger partial charge >= 0.3 is 15.6 Å². The van der Waals surface area contributed by atoms with E-state index in [1.54, 1.807) is 0 Å². The first-order chi connectivity index (χ1) is 23.1. The molecular formula is C29H36N6O11P2. The Balaban J connectivity index is 1.35. The normalized spacial score (nSPS) is 17.0. The molecule has 0 fully saturated rings. The summed E-state index contributed by atoms with van der Waals surface area (Å²) in [7, 11) is -9.90. The third-order valence-corrected chi connectivity index (χ3v) is 8.59. The number of rotatable bonds is 16. The maximum Gasteiger partial charge on any atom is 0.528 e. The van der Waals surface area contributed by atoms with Crippen LogP contribution in [-0.2, 0) is 31.3 Å². The summed E-state index contributed by atoms with van der Waals surface area (Å²) in [6.07, 6.45) is -1.51. The molecule has 2 aliphatic rings. The Morgan fingerprint density at radius 2 is 1.25 bits per heavy atom. The van der Waals surface area contributed by atoms with Gasteiger partial charge in [-0.25, -0.2) is 9.13 Å². The van der Waals surface area contributed by atoms with Crippen LogP contribution in [0.4, 0.5) is 0 Å².